The van der Waals surface area contributed by atoms with Gasteiger partial charge in [0.15, 0.2) is 5.79 Å². The van der Waals surface area contributed by atoms with Gasteiger partial charge in [-0.15, -0.1) is 0 Å². The molecule has 2 fully saturated rings. The van der Waals surface area contributed by atoms with Crippen LogP contribution in [0.15, 0.2) is 6.07 Å². The first-order valence-corrected chi connectivity index (χ1v) is 8.12. The summed E-state index contributed by atoms with van der Waals surface area (Å²) in [5.41, 5.74) is 5.85. The van der Waals surface area contributed by atoms with Crippen LogP contribution in [-0.2, 0) is 9.47 Å². The van der Waals surface area contributed by atoms with E-state index >= 15 is 0 Å². The summed E-state index contributed by atoms with van der Waals surface area (Å²) in [6, 6.07) is 1.97. The van der Waals surface area contributed by atoms with Crippen LogP contribution in [-0.4, -0.2) is 48.6 Å². The molecule has 1 aromatic heterocycles. The summed E-state index contributed by atoms with van der Waals surface area (Å²) in [6.45, 7) is 6.17. The SMILES string of the molecule is CCCCNc1cc(N2CCC3(CC2)OCCO3)nc(N)n1. The Hall–Kier alpha value is -1.60. The first-order valence-electron chi connectivity index (χ1n) is 8.12. The van der Waals surface area contributed by atoms with Gasteiger partial charge in [0, 0.05) is 38.5 Å². The molecule has 7 heteroatoms. The van der Waals surface area contributed by atoms with Gasteiger partial charge in [-0.2, -0.15) is 9.97 Å². The summed E-state index contributed by atoms with van der Waals surface area (Å²) in [4.78, 5) is 10.8. The summed E-state index contributed by atoms with van der Waals surface area (Å²) >= 11 is 0. The second-order valence-corrected chi connectivity index (χ2v) is 5.84. The monoisotopic (exact) mass is 307 g/mol. The lowest BCUT2D eigenvalue weighted by atomic mass is 10.0. The lowest BCUT2D eigenvalue weighted by molar-refractivity contribution is -0.169. The van der Waals surface area contributed by atoms with Gasteiger partial charge in [0.2, 0.25) is 5.95 Å². The highest BCUT2D eigenvalue weighted by Gasteiger charge is 2.40. The number of aromatic nitrogens is 2. The van der Waals surface area contributed by atoms with Crippen LogP contribution >= 0.6 is 0 Å². The maximum Gasteiger partial charge on any atom is 0.223 e. The Bertz CT molecular complexity index is 495. The minimum atomic E-state index is -0.364. The van der Waals surface area contributed by atoms with Crippen molar-refractivity contribution in [3.8, 4) is 0 Å². The maximum absolute atomic E-state index is 5.85. The average Bonchev–Trinajstić information content (AvgIpc) is 2.96. The molecule has 122 valence electrons. The molecule has 2 aliphatic heterocycles. The highest BCUT2D eigenvalue weighted by Crippen LogP contribution is 2.33. The second kappa shape index (κ2) is 6.66. The molecule has 0 aliphatic carbocycles. The number of piperidine rings is 1. The van der Waals surface area contributed by atoms with Gasteiger partial charge in [0.05, 0.1) is 13.2 Å². The summed E-state index contributed by atoms with van der Waals surface area (Å²) in [5.74, 6) is 1.62. The zero-order chi connectivity index (χ0) is 15.4. The van der Waals surface area contributed by atoms with Crippen molar-refractivity contribution in [2.75, 3.05) is 48.8 Å². The van der Waals surface area contributed by atoms with Crippen LogP contribution in [0.5, 0.6) is 0 Å². The van der Waals surface area contributed by atoms with Gasteiger partial charge in [-0.05, 0) is 6.42 Å². The van der Waals surface area contributed by atoms with Crippen LogP contribution < -0.4 is 16.0 Å². The molecule has 22 heavy (non-hydrogen) atoms. The van der Waals surface area contributed by atoms with Crippen molar-refractivity contribution in [1.82, 2.24) is 9.97 Å². The van der Waals surface area contributed by atoms with Crippen molar-refractivity contribution in [2.24, 2.45) is 0 Å². The van der Waals surface area contributed by atoms with Crippen molar-refractivity contribution >= 4 is 17.6 Å². The Labute approximate surface area is 131 Å². The van der Waals surface area contributed by atoms with E-state index in [1.165, 1.54) is 0 Å². The van der Waals surface area contributed by atoms with Crippen LogP contribution in [0.1, 0.15) is 32.6 Å². The molecule has 2 saturated heterocycles. The lowest BCUT2D eigenvalue weighted by Crippen LogP contribution is -2.45. The highest BCUT2D eigenvalue weighted by molar-refractivity contribution is 5.52. The van der Waals surface area contributed by atoms with Crippen molar-refractivity contribution in [3.05, 3.63) is 6.07 Å². The Morgan fingerprint density at radius 1 is 1.27 bits per heavy atom. The molecule has 0 unspecified atom stereocenters. The van der Waals surface area contributed by atoms with Crippen LogP contribution in [0.3, 0.4) is 0 Å². The van der Waals surface area contributed by atoms with Gasteiger partial charge in [-0.1, -0.05) is 13.3 Å². The van der Waals surface area contributed by atoms with Crippen molar-refractivity contribution in [3.63, 3.8) is 0 Å². The first kappa shape index (κ1) is 15.3. The first-order chi connectivity index (χ1) is 10.7. The maximum atomic E-state index is 5.85. The Morgan fingerprint density at radius 2 is 2.00 bits per heavy atom. The summed E-state index contributed by atoms with van der Waals surface area (Å²) in [5, 5.41) is 3.31. The molecule has 0 amide bonds. The molecule has 7 nitrogen and oxygen atoms in total. The normalized spacial score (nSPS) is 20.5. The molecule has 3 N–H and O–H groups in total. The molecule has 0 saturated carbocycles. The van der Waals surface area contributed by atoms with Gasteiger partial charge in [-0.25, -0.2) is 0 Å². The van der Waals surface area contributed by atoms with Crippen molar-refractivity contribution in [1.29, 1.82) is 0 Å². The standard InChI is InChI=1S/C15H25N5O2/c1-2-3-6-17-12-11-13(19-14(16)18-12)20-7-4-15(5-8-20)21-9-10-22-15/h11H,2-10H2,1H3,(H3,16,17,18,19). The smallest absolute Gasteiger partial charge is 0.223 e. The van der Waals surface area contributed by atoms with Crippen LogP contribution in [0, 0.1) is 0 Å². The third-order valence-electron chi connectivity index (χ3n) is 4.23. The van der Waals surface area contributed by atoms with E-state index in [0.717, 1.165) is 57.0 Å². The Kier molecular flexibility index (Phi) is 4.63. The van der Waals surface area contributed by atoms with E-state index in [-0.39, 0.29) is 5.79 Å². The minimum Gasteiger partial charge on any atom is -0.370 e. The highest BCUT2D eigenvalue weighted by atomic mass is 16.7. The van der Waals surface area contributed by atoms with Crippen LogP contribution in [0.2, 0.25) is 0 Å². The molecule has 0 atom stereocenters. The Morgan fingerprint density at radius 3 is 2.68 bits per heavy atom. The van der Waals surface area contributed by atoms with Gasteiger partial charge in [0.25, 0.3) is 0 Å². The van der Waals surface area contributed by atoms with E-state index in [9.17, 15) is 0 Å². The van der Waals surface area contributed by atoms with Crippen LogP contribution in [0.4, 0.5) is 17.6 Å². The third kappa shape index (κ3) is 3.41. The molecule has 1 aromatic rings. The van der Waals surface area contributed by atoms with Crippen LogP contribution in [0.25, 0.3) is 0 Å². The molecule has 0 aromatic carbocycles. The second-order valence-electron chi connectivity index (χ2n) is 5.84. The van der Waals surface area contributed by atoms with Gasteiger partial charge in [0.1, 0.15) is 11.6 Å². The quantitative estimate of drug-likeness (QED) is 0.799. The molecular formula is C15H25N5O2. The fourth-order valence-electron chi connectivity index (χ4n) is 2.96. The Balaban J connectivity index is 1.64. The predicted octanol–water partition coefficient (Wildman–Crippen LogP) is 1.61. The average molecular weight is 307 g/mol. The van der Waals surface area contributed by atoms with Crippen molar-refractivity contribution in [2.45, 2.75) is 38.4 Å². The molecule has 3 rings (SSSR count). The number of anilines is 3. The third-order valence-corrected chi connectivity index (χ3v) is 4.23. The number of nitrogens with one attached hydrogen (secondary N) is 1. The zero-order valence-corrected chi connectivity index (χ0v) is 13.2. The molecule has 0 bridgehead atoms. The predicted molar refractivity (Wildman–Crippen MR) is 85.9 cm³/mol. The lowest BCUT2D eigenvalue weighted by Gasteiger charge is -2.38. The molecule has 2 aliphatic rings. The van der Waals surface area contributed by atoms with E-state index in [1.54, 1.807) is 0 Å². The number of hydrogen-bond acceptors (Lipinski definition) is 7. The summed E-state index contributed by atoms with van der Waals surface area (Å²) in [7, 11) is 0. The van der Waals surface area contributed by atoms with E-state index in [0.29, 0.717) is 19.2 Å². The minimum absolute atomic E-state index is 0.310. The topological polar surface area (TPSA) is 85.5 Å². The summed E-state index contributed by atoms with van der Waals surface area (Å²) in [6.07, 6.45) is 3.97. The largest absolute Gasteiger partial charge is 0.370 e. The molecule has 0 radical (unpaired) electrons. The van der Waals surface area contributed by atoms with E-state index in [1.807, 2.05) is 6.07 Å². The fourth-order valence-corrected chi connectivity index (χ4v) is 2.96. The van der Waals surface area contributed by atoms with Crippen molar-refractivity contribution < 1.29 is 9.47 Å². The fraction of sp³-hybridized carbons (Fsp3) is 0.733. The number of nitrogen functional groups attached to an aromatic ring is 1. The van der Waals surface area contributed by atoms with Gasteiger partial charge in [-0.3, -0.25) is 0 Å². The molecular weight excluding hydrogens is 282 g/mol. The van der Waals surface area contributed by atoms with Gasteiger partial charge >= 0.3 is 0 Å². The number of unbranched alkanes of at least 4 members (excludes halogenated alkanes) is 1. The number of nitrogens with zero attached hydrogens (tertiary/aromatic N) is 3. The van der Waals surface area contributed by atoms with E-state index in [4.69, 9.17) is 15.2 Å². The number of rotatable bonds is 5. The molecule has 1 spiro atoms. The van der Waals surface area contributed by atoms with E-state index in [2.05, 4.69) is 27.1 Å². The van der Waals surface area contributed by atoms with E-state index < -0.39 is 0 Å². The zero-order valence-electron chi connectivity index (χ0n) is 13.2. The van der Waals surface area contributed by atoms with Gasteiger partial charge < -0.3 is 25.4 Å². The molecule has 3 heterocycles. The number of nitrogens with two attached hydrogens (primary N) is 1. The number of ether oxygens (including phenoxy) is 2. The number of hydrogen-bond donors (Lipinski definition) is 2. The summed E-state index contributed by atoms with van der Waals surface area (Å²) < 4.78 is 11.5.